The number of hydrogen-bond acceptors (Lipinski definition) is 3. The number of nitrogens with zero attached hydrogens (tertiary/aromatic N) is 1. The summed E-state index contributed by atoms with van der Waals surface area (Å²) in [6, 6.07) is 9.33. The highest BCUT2D eigenvalue weighted by molar-refractivity contribution is 6.22. The van der Waals surface area contributed by atoms with Crippen LogP contribution >= 0.6 is 0 Å². The molecule has 0 aromatic heterocycles. The predicted octanol–water partition coefficient (Wildman–Crippen LogP) is 2.10. The topological polar surface area (TPSA) is 49.4 Å². The maximum absolute atomic E-state index is 12.6. The van der Waals surface area contributed by atoms with E-state index in [9.17, 15) is 9.59 Å². The minimum atomic E-state index is -0.331. The molecule has 1 aliphatic heterocycles. The van der Waals surface area contributed by atoms with Crippen molar-refractivity contribution in [3.8, 4) is 0 Å². The smallest absolute Gasteiger partial charge is 0.251 e. The van der Waals surface area contributed by atoms with Crippen LogP contribution < -0.4 is 10.2 Å². The lowest BCUT2D eigenvalue weighted by Gasteiger charge is -2.25. The van der Waals surface area contributed by atoms with Gasteiger partial charge in [0.2, 0.25) is 5.91 Å². The maximum Gasteiger partial charge on any atom is 0.251 e. The van der Waals surface area contributed by atoms with Gasteiger partial charge in [-0.2, -0.15) is 0 Å². The van der Waals surface area contributed by atoms with Crippen molar-refractivity contribution < 1.29 is 9.59 Å². The van der Waals surface area contributed by atoms with Crippen molar-refractivity contribution in [2.75, 3.05) is 4.90 Å². The van der Waals surface area contributed by atoms with Gasteiger partial charge in [0.25, 0.3) is 5.91 Å². The van der Waals surface area contributed by atoms with Gasteiger partial charge < -0.3 is 5.32 Å². The molecule has 4 nitrogen and oxygen atoms in total. The second-order valence-corrected chi connectivity index (χ2v) is 6.61. The van der Waals surface area contributed by atoms with Crippen LogP contribution in [0.4, 0.5) is 5.69 Å². The fourth-order valence-corrected chi connectivity index (χ4v) is 4.32. The monoisotopic (exact) mass is 284 g/mol. The highest BCUT2D eigenvalue weighted by Gasteiger charge is 2.45. The average Bonchev–Trinajstić information content (AvgIpc) is 3.16. The number of amides is 2. The van der Waals surface area contributed by atoms with Gasteiger partial charge in [0.1, 0.15) is 0 Å². The highest BCUT2D eigenvalue weighted by Crippen LogP contribution is 2.44. The first-order valence-corrected chi connectivity index (χ1v) is 7.90. The summed E-state index contributed by atoms with van der Waals surface area (Å²) in [7, 11) is 0. The number of para-hydroxylation sites is 1. The number of benzene rings is 1. The second-order valence-electron chi connectivity index (χ2n) is 6.61. The van der Waals surface area contributed by atoms with Crippen molar-refractivity contribution in [3.05, 3.63) is 30.3 Å². The summed E-state index contributed by atoms with van der Waals surface area (Å²) in [6.45, 7) is 0. The Bertz CT molecular complexity index is 571. The molecule has 3 fully saturated rings. The van der Waals surface area contributed by atoms with Crippen LogP contribution in [0.5, 0.6) is 0 Å². The summed E-state index contributed by atoms with van der Waals surface area (Å²) < 4.78 is 0. The van der Waals surface area contributed by atoms with Gasteiger partial charge >= 0.3 is 0 Å². The Morgan fingerprint density at radius 1 is 1.05 bits per heavy atom. The fraction of sp³-hybridized carbons (Fsp3) is 0.529. The van der Waals surface area contributed by atoms with Gasteiger partial charge in [-0.3, -0.25) is 9.59 Å². The molecule has 2 bridgehead atoms. The predicted molar refractivity (Wildman–Crippen MR) is 79.7 cm³/mol. The molecule has 2 saturated carbocycles. The summed E-state index contributed by atoms with van der Waals surface area (Å²) in [6.07, 6.45) is 5.39. The highest BCUT2D eigenvalue weighted by atomic mass is 16.2. The molecule has 1 aromatic carbocycles. The largest absolute Gasteiger partial charge is 0.302 e. The molecular formula is C17H20N2O2. The van der Waals surface area contributed by atoms with Crippen LogP contribution in [-0.2, 0) is 9.59 Å². The minimum Gasteiger partial charge on any atom is -0.302 e. The fourth-order valence-electron chi connectivity index (χ4n) is 4.32. The zero-order chi connectivity index (χ0) is 14.4. The Kier molecular flexibility index (Phi) is 3.07. The lowest BCUT2D eigenvalue weighted by molar-refractivity contribution is -0.121. The summed E-state index contributed by atoms with van der Waals surface area (Å²) >= 11 is 0. The molecule has 2 aliphatic carbocycles. The lowest BCUT2D eigenvalue weighted by Crippen LogP contribution is -2.45. The number of carbonyl (C=O) groups is 2. The Labute approximate surface area is 124 Å². The van der Waals surface area contributed by atoms with E-state index in [1.807, 2.05) is 30.3 Å². The molecule has 4 atom stereocenters. The Morgan fingerprint density at radius 2 is 1.86 bits per heavy atom. The van der Waals surface area contributed by atoms with E-state index >= 15 is 0 Å². The lowest BCUT2D eigenvalue weighted by atomic mass is 9.94. The van der Waals surface area contributed by atoms with Crippen molar-refractivity contribution in [2.24, 2.45) is 11.8 Å². The Hall–Kier alpha value is -1.68. The van der Waals surface area contributed by atoms with Gasteiger partial charge in [0, 0.05) is 6.04 Å². The zero-order valence-corrected chi connectivity index (χ0v) is 12.0. The molecule has 0 radical (unpaired) electrons. The molecule has 1 heterocycles. The molecule has 0 spiro atoms. The third kappa shape index (κ3) is 2.18. The van der Waals surface area contributed by atoms with Gasteiger partial charge in [0.05, 0.1) is 18.2 Å². The van der Waals surface area contributed by atoms with Gasteiger partial charge in [-0.15, -0.1) is 0 Å². The molecule has 1 saturated heterocycles. The third-order valence-corrected chi connectivity index (χ3v) is 5.31. The van der Waals surface area contributed by atoms with Gasteiger partial charge in [-0.05, 0) is 43.2 Å². The van der Waals surface area contributed by atoms with Crippen molar-refractivity contribution in [2.45, 2.75) is 44.2 Å². The molecule has 3 aliphatic rings. The third-order valence-electron chi connectivity index (χ3n) is 5.31. The molecule has 4 heteroatoms. The van der Waals surface area contributed by atoms with Crippen LogP contribution in [0.1, 0.15) is 32.1 Å². The molecule has 110 valence electrons. The number of imide groups is 1. The van der Waals surface area contributed by atoms with E-state index in [4.69, 9.17) is 0 Å². The van der Waals surface area contributed by atoms with Gasteiger partial charge in [0.15, 0.2) is 0 Å². The summed E-state index contributed by atoms with van der Waals surface area (Å²) in [5.41, 5.74) is 0.685. The Morgan fingerprint density at radius 3 is 2.52 bits per heavy atom. The SMILES string of the molecule is O=C1CC(NC2CC3CCC2C3)C(=O)N1c1ccccc1. The molecule has 2 amide bonds. The van der Waals surface area contributed by atoms with Gasteiger partial charge in [-0.25, -0.2) is 4.90 Å². The van der Waals surface area contributed by atoms with Crippen LogP contribution in [0, 0.1) is 11.8 Å². The van der Waals surface area contributed by atoms with Crippen LogP contribution in [0.3, 0.4) is 0 Å². The minimum absolute atomic E-state index is 0.0889. The number of anilines is 1. The molecule has 1 N–H and O–H groups in total. The van der Waals surface area contributed by atoms with Crippen LogP contribution in [0.25, 0.3) is 0 Å². The second kappa shape index (κ2) is 4.95. The van der Waals surface area contributed by atoms with E-state index in [2.05, 4.69) is 5.32 Å². The first kappa shape index (κ1) is 13.0. The first-order chi connectivity index (χ1) is 10.2. The number of nitrogens with one attached hydrogen (secondary N) is 1. The molecule has 4 rings (SSSR count). The van der Waals surface area contributed by atoms with Crippen LogP contribution in [-0.4, -0.2) is 23.9 Å². The number of rotatable bonds is 3. The van der Waals surface area contributed by atoms with Crippen LogP contribution in [0.15, 0.2) is 30.3 Å². The molecule has 21 heavy (non-hydrogen) atoms. The van der Waals surface area contributed by atoms with E-state index in [1.165, 1.54) is 30.6 Å². The van der Waals surface area contributed by atoms with Crippen molar-refractivity contribution in [1.82, 2.24) is 5.32 Å². The number of fused-ring (bicyclic) bond motifs is 2. The van der Waals surface area contributed by atoms with Crippen molar-refractivity contribution in [1.29, 1.82) is 0 Å². The van der Waals surface area contributed by atoms with E-state index in [0.717, 1.165) is 5.92 Å². The summed E-state index contributed by atoms with van der Waals surface area (Å²) in [4.78, 5) is 26.1. The number of hydrogen-bond donors (Lipinski definition) is 1. The van der Waals surface area contributed by atoms with E-state index in [-0.39, 0.29) is 17.9 Å². The Balaban J connectivity index is 1.49. The summed E-state index contributed by atoms with van der Waals surface area (Å²) in [5.74, 6) is 1.37. The van der Waals surface area contributed by atoms with Crippen molar-refractivity contribution in [3.63, 3.8) is 0 Å². The summed E-state index contributed by atoms with van der Waals surface area (Å²) in [5, 5.41) is 3.48. The van der Waals surface area contributed by atoms with E-state index in [0.29, 0.717) is 24.1 Å². The van der Waals surface area contributed by atoms with Crippen LogP contribution in [0.2, 0.25) is 0 Å². The average molecular weight is 284 g/mol. The zero-order valence-electron chi connectivity index (χ0n) is 12.0. The molecule has 4 unspecified atom stereocenters. The molecule has 1 aromatic rings. The van der Waals surface area contributed by atoms with E-state index in [1.54, 1.807) is 0 Å². The first-order valence-electron chi connectivity index (χ1n) is 7.90. The van der Waals surface area contributed by atoms with Gasteiger partial charge in [-0.1, -0.05) is 24.6 Å². The van der Waals surface area contributed by atoms with E-state index < -0.39 is 0 Å². The quantitative estimate of drug-likeness (QED) is 0.865. The number of carbonyl (C=O) groups excluding carboxylic acids is 2. The van der Waals surface area contributed by atoms with Crippen molar-refractivity contribution >= 4 is 17.5 Å². The standard InChI is InChI=1S/C17H20N2O2/c20-16-10-15(18-14-9-11-6-7-12(14)8-11)17(21)19(16)13-4-2-1-3-5-13/h1-5,11-12,14-15,18H,6-10H2. The molecular weight excluding hydrogens is 264 g/mol. The normalized spacial score (nSPS) is 35.0. The maximum atomic E-state index is 12.6.